The van der Waals surface area contributed by atoms with E-state index in [1.54, 1.807) is 24.4 Å². The first kappa shape index (κ1) is 22.5. The molecule has 2 aromatic carbocycles. The van der Waals surface area contributed by atoms with Crippen molar-refractivity contribution in [1.82, 2.24) is 15.1 Å². The Balaban J connectivity index is 1.39. The molecule has 0 unspecified atom stereocenters. The van der Waals surface area contributed by atoms with Crippen LogP contribution in [0.5, 0.6) is 0 Å². The molecule has 2 aromatic rings. The first-order valence-corrected chi connectivity index (χ1v) is 11.5. The third-order valence-electron chi connectivity index (χ3n) is 6.03. The number of amides is 2. The van der Waals surface area contributed by atoms with Crippen molar-refractivity contribution >= 4 is 44.7 Å². The smallest absolute Gasteiger partial charge is 0.260 e. The van der Waals surface area contributed by atoms with Crippen molar-refractivity contribution in [2.24, 2.45) is 0 Å². The fourth-order valence-corrected chi connectivity index (χ4v) is 4.26. The number of likely N-dealkylation sites (N-methyl/N-ethyl adjacent to an activating group) is 2. The Labute approximate surface area is 197 Å². The SMILES string of the molecule is CN1CCN(CCN(C)c2ccc(NC=C3C(=O)NC(=O)c4ccc(Br)cc43)cc2)CC1. The van der Waals surface area contributed by atoms with Gasteiger partial charge in [0.1, 0.15) is 0 Å². The van der Waals surface area contributed by atoms with E-state index >= 15 is 0 Å². The van der Waals surface area contributed by atoms with Gasteiger partial charge in [0.25, 0.3) is 11.8 Å². The van der Waals surface area contributed by atoms with Gasteiger partial charge in [0.2, 0.25) is 0 Å². The average molecular weight is 498 g/mol. The Hall–Kier alpha value is -2.68. The number of nitrogens with zero attached hydrogens (tertiary/aromatic N) is 3. The number of halogens is 1. The number of carbonyl (C=O) groups excluding carboxylic acids is 2. The van der Waals surface area contributed by atoms with Gasteiger partial charge in [0.15, 0.2) is 0 Å². The van der Waals surface area contributed by atoms with Crippen LogP contribution in [-0.4, -0.2) is 75.0 Å². The lowest BCUT2D eigenvalue weighted by Gasteiger charge is -2.33. The number of imide groups is 1. The Morgan fingerprint density at radius 2 is 1.75 bits per heavy atom. The molecule has 4 rings (SSSR count). The lowest BCUT2D eigenvalue weighted by molar-refractivity contribution is -0.114. The molecule has 1 fully saturated rings. The normalized spacial score (nSPS) is 18.4. The van der Waals surface area contributed by atoms with Crippen LogP contribution in [-0.2, 0) is 4.79 Å². The fourth-order valence-electron chi connectivity index (χ4n) is 3.90. The quantitative estimate of drug-likeness (QED) is 0.472. The van der Waals surface area contributed by atoms with Crippen molar-refractivity contribution < 1.29 is 9.59 Å². The van der Waals surface area contributed by atoms with Gasteiger partial charge in [-0.25, -0.2) is 0 Å². The number of hydrogen-bond donors (Lipinski definition) is 2. The first-order chi connectivity index (χ1) is 15.4. The van der Waals surface area contributed by atoms with Crippen molar-refractivity contribution in [3.63, 3.8) is 0 Å². The van der Waals surface area contributed by atoms with Crippen LogP contribution in [0.4, 0.5) is 11.4 Å². The second-order valence-corrected chi connectivity index (χ2v) is 9.20. The number of nitrogens with one attached hydrogen (secondary N) is 2. The maximum absolute atomic E-state index is 12.4. The van der Waals surface area contributed by atoms with E-state index in [4.69, 9.17) is 0 Å². The highest BCUT2D eigenvalue weighted by molar-refractivity contribution is 9.10. The van der Waals surface area contributed by atoms with Crippen molar-refractivity contribution in [2.75, 3.05) is 63.6 Å². The van der Waals surface area contributed by atoms with Gasteiger partial charge in [-0.3, -0.25) is 19.8 Å². The lowest BCUT2D eigenvalue weighted by atomic mass is 9.95. The van der Waals surface area contributed by atoms with Crippen molar-refractivity contribution in [2.45, 2.75) is 0 Å². The van der Waals surface area contributed by atoms with Gasteiger partial charge in [-0.05, 0) is 49.5 Å². The molecule has 0 atom stereocenters. The van der Waals surface area contributed by atoms with E-state index in [1.807, 2.05) is 12.1 Å². The minimum atomic E-state index is -0.409. The average Bonchev–Trinajstić information content (AvgIpc) is 2.78. The number of carbonyl (C=O) groups is 2. The summed E-state index contributed by atoms with van der Waals surface area (Å²) in [5.74, 6) is -0.785. The highest BCUT2D eigenvalue weighted by atomic mass is 79.9. The summed E-state index contributed by atoms with van der Waals surface area (Å²) in [6.07, 6.45) is 1.65. The summed E-state index contributed by atoms with van der Waals surface area (Å²) >= 11 is 3.42. The molecule has 2 aliphatic heterocycles. The minimum absolute atomic E-state index is 0.376. The zero-order valence-electron chi connectivity index (χ0n) is 18.4. The highest BCUT2D eigenvalue weighted by Gasteiger charge is 2.27. The van der Waals surface area contributed by atoms with Crippen LogP contribution in [0.3, 0.4) is 0 Å². The minimum Gasteiger partial charge on any atom is -0.373 e. The summed E-state index contributed by atoms with van der Waals surface area (Å²) in [7, 11) is 4.28. The van der Waals surface area contributed by atoms with Gasteiger partial charge in [0, 0.05) is 79.5 Å². The summed E-state index contributed by atoms with van der Waals surface area (Å²) < 4.78 is 0.814. The molecule has 2 amide bonds. The summed E-state index contributed by atoms with van der Waals surface area (Å²) in [5.41, 5.74) is 3.54. The number of anilines is 2. The second kappa shape index (κ2) is 9.85. The molecule has 168 valence electrons. The molecule has 7 nitrogen and oxygen atoms in total. The van der Waals surface area contributed by atoms with E-state index in [2.05, 4.69) is 67.5 Å². The van der Waals surface area contributed by atoms with Crippen molar-refractivity contribution in [1.29, 1.82) is 0 Å². The standard InChI is InChI=1S/C24H28BrN5O2/c1-28-9-12-30(13-10-28)14-11-29(2)19-6-4-18(5-7-19)26-16-22-21-15-17(25)3-8-20(21)23(31)27-24(22)32/h3-8,15-16,26H,9-14H2,1-2H3,(H,27,31,32). The summed E-state index contributed by atoms with van der Waals surface area (Å²) in [4.78, 5) is 31.6. The molecule has 0 spiro atoms. The lowest BCUT2D eigenvalue weighted by Crippen LogP contribution is -2.46. The largest absolute Gasteiger partial charge is 0.373 e. The molecule has 1 saturated heterocycles. The van der Waals surface area contributed by atoms with E-state index in [9.17, 15) is 9.59 Å². The predicted octanol–water partition coefficient (Wildman–Crippen LogP) is 2.86. The van der Waals surface area contributed by atoms with Gasteiger partial charge < -0.3 is 15.1 Å². The van der Waals surface area contributed by atoms with Crippen LogP contribution < -0.4 is 15.5 Å². The summed E-state index contributed by atoms with van der Waals surface area (Å²) in [6, 6.07) is 13.4. The zero-order valence-corrected chi connectivity index (χ0v) is 20.0. The number of fused-ring (bicyclic) bond motifs is 1. The van der Waals surface area contributed by atoms with E-state index in [-0.39, 0.29) is 5.91 Å². The van der Waals surface area contributed by atoms with E-state index in [0.29, 0.717) is 16.7 Å². The predicted molar refractivity (Wildman–Crippen MR) is 132 cm³/mol. The van der Waals surface area contributed by atoms with Gasteiger partial charge in [-0.2, -0.15) is 0 Å². The van der Waals surface area contributed by atoms with Crippen LogP contribution >= 0.6 is 15.9 Å². The zero-order chi connectivity index (χ0) is 22.7. The molecule has 0 aromatic heterocycles. The number of piperazine rings is 1. The summed E-state index contributed by atoms with van der Waals surface area (Å²) in [5, 5.41) is 5.59. The van der Waals surface area contributed by atoms with Crippen LogP contribution in [0.1, 0.15) is 15.9 Å². The summed E-state index contributed by atoms with van der Waals surface area (Å²) in [6.45, 7) is 6.54. The molecule has 0 saturated carbocycles. The van der Waals surface area contributed by atoms with Crippen LogP contribution in [0.15, 0.2) is 53.1 Å². The second-order valence-electron chi connectivity index (χ2n) is 8.29. The molecule has 0 radical (unpaired) electrons. The van der Waals surface area contributed by atoms with Gasteiger partial charge in [-0.1, -0.05) is 15.9 Å². The van der Waals surface area contributed by atoms with Crippen molar-refractivity contribution in [3.8, 4) is 0 Å². The van der Waals surface area contributed by atoms with Gasteiger partial charge in [-0.15, -0.1) is 0 Å². The Morgan fingerprint density at radius 1 is 1.03 bits per heavy atom. The molecule has 2 aliphatic rings. The van der Waals surface area contributed by atoms with Crippen molar-refractivity contribution in [3.05, 3.63) is 64.3 Å². The molecule has 32 heavy (non-hydrogen) atoms. The Bertz CT molecular complexity index is 1030. The molecule has 2 heterocycles. The molecular formula is C24H28BrN5O2. The van der Waals surface area contributed by atoms with Crippen LogP contribution in [0, 0.1) is 0 Å². The molecule has 0 aliphatic carbocycles. The maximum atomic E-state index is 12.4. The van der Waals surface area contributed by atoms with Gasteiger partial charge >= 0.3 is 0 Å². The number of rotatable bonds is 6. The topological polar surface area (TPSA) is 67.9 Å². The first-order valence-electron chi connectivity index (χ1n) is 10.7. The number of hydrogen-bond acceptors (Lipinski definition) is 6. The van der Waals surface area contributed by atoms with E-state index in [0.717, 1.165) is 55.1 Å². The van der Waals surface area contributed by atoms with Crippen LogP contribution in [0.25, 0.3) is 5.57 Å². The number of benzene rings is 2. The Kier molecular flexibility index (Phi) is 6.93. The molecule has 0 bridgehead atoms. The van der Waals surface area contributed by atoms with E-state index < -0.39 is 5.91 Å². The van der Waals surface area contributed by atoms with E-state index in [1.165, 1.54) is 0 Å². The fraction of sp³-hybridized carbons (Fsp3) is 0.333. The maximum Gasteiger partial charge on any atom is 0.260 e. The molecule has 2 N–H and O–H groups in total. The molecular weight excluding hydrogens is 470 g/mol. The van der Waals surface area contributed by atoms with Gasteiger partial charge in [0.05, 0.1) is 5.57 Å². The molecule has 8 heteroatoms. The monoisotopic (exact) mass is 497 g/mol. The third kappa shape index (κ3) is 5.20. The third-order valence-corrected chi connectivity index (χ3v) is 6.52. The Morgan fingerprint density at radius 3 is 2.47 bits per heavy atom. The van der Waals surface area contributed by atoms with Crippen LogP contribution in [0.2, 0.25) is 0 Å². The highest BCUT2D eigenvalue weighted by Crippen LogP contribution is 2.27.